The molecule has 0 atom stereocenters. The number of piperidine rings is 1. The minimum Gasteiger partial charge on any atom is -0.496 e. The summed E-state index contributed by atoms with van der Waals surface area (Å²) in [7, 11) is 1.59. The van der Waals surface area contributed by atoms with Crippen molar-refractivity contribution >= 4 is 37.8 Å². The molecular weight excluding hydrogens is 362 g/mol. The minimum absolute atomic E-state index is 0.0487. The monoisotopic (exact) mass is 375 g/mol. The Morgan fingerprint density at radius 2 is 2.06 bits per heavy atom. The number of likely N-dealkylation sites (tertiary alicyclic amines) is 1. The first-order valence-corrected chi connectivity index (χ1v) is 7.59. The first kappa shape index (κ1) is 13.9. The molecule has 0 spiro atoms. The van der Waals surface area contributed by atoms with Crippen molar-refractivity contribution in [1.82, 2.24) is 4.90 Å². The number of rotatable bonds is 2. The third-order valence-corrected chi connectivity index (χ3v) is 4.51. The van der Waals surface area contributed by atoms with E-state index in [1.54, 1.807) is 7.11 Å². The van der Waals surface area contributed by atoms with Crippen LogP contribution in [0, 0.1) is 0 Å². The molecule has 1 amide bonds. The third kappa shape index (κ3) is 3.06. The van der Waals surface area contributed by atoms with Gasteiger partial charge in [-0.1, -0.05) is 31.9 Å². The molecular formula is C13H15Br2NO2. The lowest BCUT2D eigenvalue weighted by Crippen LogP contribution is -2.38. The fraction of sp³-hybridized carbons (Fsp3) is 0.462. The van der Waals surface area contributed by atoms with Crippen molar-refractivity contribution in [2.45, 2.75) is 17.7 Å². The van der Waals surface area contributed by atoms with Gasteiger partial charge < -0.3 is 9.64 Å². The summed E-state index contributed by atoms with van der Waals surface area (Å²) < 4.78 is 6.15. The Bertz CT molecular complexity index is 443. The molecule has 98 valence electrons. The quantitative estimate of drug-likeness (QED) is 0.739. The zero-order valence-corrected chi connectivity index (χ0v) is 13.3. The van der Waals surface area contributed by atoms with Gasteiger partial charge in [-0.25, -0.2) is 0 Å². The number of alkyl halides is 1. The predicted molar refractivity (Wildman–Crippen MR) is 78.5 cm³/mol. The Balaban J connectivity index is 2.20. The number of hydrogen-bond acceptors (Lipinski definition) is 2. The summed E-state index contributed by atoms with van der Waals surface area (Å²) in [5, 5.41) is 0. The zero-order chi connectivity index (χ0) is 13.1. The van der Waals surface area contributed by atoms with E-state index < -0.39 is 0 Å². The first-order chi connectivity index (χ1) is 8.61. The SMILES string of the molecule is COc1ccc(Br)cc1C(=O)N1CCC(Br)CC1. The lowest BCUT2D eigenvalue weighted by molar-refractivity contribution is 0.0725. The van der Waals surface area contributed by atoms with E-state index in [-0.39, 0.29) is 5.91 Å². The van der Waals surface area contributed by atoms with Gasteiger partial charge in [-0.15, -0.1) is 0 Å². The largest absolute Gasteiger partial charge is 0.496 e. The average Bonchev–Trinajstić information content (AvgIpc) is 2.39. The van der Waals surface area contributed by atoms with Crippen molar-refractivity contribution in [3.05, 3.63) is 28.2 Å². The topological polar surface area (TPSA) is 29.5 Å². The predicted octanol–water partition coefficient (Wildman–Crippen LogP) is 3.46. The number of benzene rings is 1. The summed E-state index contributed by atoms with van der Waals surface area (Å²) in [5.74, 6) is 0.678. The molecule has 0 radical (unpaired) electrons. The van der Waals surface area contributed by atoms with Crippen LogP contribution in [0.5, 0.6) is 5.75 Å². The Morgan fingerprint density at radius 3 is 2.67 bits per heavy atom. The Labute approximate surface area is 124 Å². The van der Waals surface area contributed by atoms with Crippen LogP contribution in [-0.2, 0) is 0 Å². The molecule has 1 fully saturated rings. The molecule has 0 saturated carbocycles. The Hall–Kier alpha value is -0.550. The number of nitrogens with zero attached hydrogens (tertiary/aromatic N) is 1. The molecule has 3 nitrogen and oxygen atoms in total. The zero-order valence-electron chi connectivity index (χ0n) is 10.2. The summed E-state index contributed by atoms with van der Waals surface area (Å²) in [6.07, 6.45) is 2.00. The van der Waals surface area contributed by atoms with Crippen molar-refractivity contribution in [1.29, 1.82) is 0 Å². The molecule has 1 aromatic rings. The van der Waals surface area contributed by atoms with Gasteiger partial charge in [0.25, 0.3) is 5.91 Å². The van der Waals surface area contributed by atoms with E-state index in [1.807, 2.05) is 23.1 Å². The lowest BCUT2D eigenvalue weighted by atomic mass is 10.1. The molecule has 0 unspecified atom stereocenters. The van der Waals surface area contributed by atoms with E-state index in [0.717, 1.165) is 30.4 Å². The number of halogens is 2. The van der Waals surface area contributed by atoms with Crippen molar-refractivity contribution in [3.63, 3.8) is 0 Å². The molecule has 0 aromatic heterocycles. The molecule has 18 heavy (non-hydrogen) atoms. The molecule has 1 aliphatic rings. The summed E-state index contributed by atoms with van der Waals surface area (Å²) in [5.41, 5.74) is 0.625. The van der Waals surface area contributed by atoms with E-state index in [1.165, 1.54) is 0 Å². The maximum absolute atomic E-state index is 12.4. The molecule has 1 aromatic carbocycles. The summed E-state index contributed by atoms with van der Waals surface area (Å²) >= 11 is 6.98. The van der Waals surface area contributed by atoms with E-state index in [0.29, 0.717) is 16.1 Å². The van der Waals surface area contributed by atoms with E-state index >= 15 is 0 Å². The molecule has 0 bridgehead atoms. The van der Waals surface area contributed by atoms with Gasteiger partial charge in [0, 0.05) is 22.4 Å². The standard InChI is InChI=1S/C13H15Br2NO2/c1-18-12-3-2-10(15)8-11(12)13(17)16-6-4-9(14)5-7-16/h2-3,8-9H,4-7H2,1H3. The van der Waals surface area contributed by atoms with Crippen molar-refractivity contribution in [3.8, 4) is 5.75 Å². The van der Waals surface area contributed by atoms with Crippen LogP contribution in [0.3, 0.4) is 0 Å². The number of amides is 1. The molecule has 0 aliphatic carbocycles. The van der Waals surface area contributed by atoms with Crippen LogP contribution in [0.2, 0.25) is 0 Å². The maximum atomic E-state index is 12.4. The highest BCUT2D eigenvalue weighted by atomic mass is 79.9. The number of hydrogen-bond donors (Lipinski definition) is 0. The maximum Gasteiger partial charge on any atom is 0.257 e. The normalized spacial score (nSPS) is 16.7. The second kappa shape index (κ2) is 6.06. The van der Waals surface area contributed by atoms with E-state index in [9.17, 15) is 4.79 Å². The van der Waals surface area contributed by atoms with E-state index in [4.69, 9.17) is 4.74 Å². The fourth-order valence-corrected chi connectivity index (χ4v) is 2.84. The third-order valence-electron chi connectivity index (χ3n) is 3.10. The molecule has 1 heterocycles. The van der Waals surface area contributed by atoms with Crippen LogP contribution in [0.4, 0.5) is 0 Å². The van der Waals surface area contributed by atoms with Gasteiger partial charge in [-0.2, -0.15) is 0 Å². The van der Waals surface area contributed by atoms with Crippen LogP contribution in [0.15, 0.2) is 22.7 Å². The van der Waals surface area contributed by atoms with Crippen LogP contribution < -0.4 is 4.74 Å². The van der Waals surface area contributed by atoms with Crippen LogP contribution in [0.1, 0.15) is 23.2 Å². The smallest absolute Gasteiger partial charge is 0.257 e. The van der Waals surface area contributed by atoms with Gasteiger partial charge in [-0.05, 0) is 31.0 Å². The van der Waals surface area contributed by atoms with Gasteiger partial charge in [0.2, 0.25) is 0 Å². The highest BCUT2D eigenvalue weighted by molar-refractivity contribution is 9.10. The van der Waals surface area contributed by atoms with E-state index in [2.05, 4.69) is 31.9 Å². The molecule has 1 aliphatic heterocycles. The van der Waals surface area contributed by atoms with Gasteiger partial charge in [0.05, 0.1) is 12.7 Å². The lowest BCUT2D eigenvalue weighted by Gasteiger charge is -2.30. The fourth-order valence-electron chi connectivity index (χ4n) is 2.07. The van der Waals surface area contributed by atoms with Gasteiger partial charge >= 0.3 is 0 Å². The van der Waals surface area contributed by atoms with Crippen LogP contribution in [0.25, 0.3) is 0 Å². The van der Waals surface area contributed by atoms with Crippen molar-refractivity contribution in [2.24, 2.45) is 0 Å². The minimum atomic E-state index is 0.0487. The number of carbonyl (C=O) groups is 1. The second-order valence-electron chi connectivity index (χ2n) is 4.31. The van der Waals surface area contributed by atoms with Crippen molar-refractivity contribution < 1.29 is 9.53 Å². The number of methoxy groups -OCH3 is 1. The van der Waals surface area contributed by atoms with Gasteiger partial charge in [0.1, 0.15) is 5.75 Å². The van der Waals surface area contributed by atoms with Crippen LogP contribution in [-0.4, -0.2) is 35.8 Å². The van der Waals surface area contributed by atoms with Crippen LogP contribution >= 0.6 is 31.9 Å². The molecule has 1 saturated heterocycles. The average molecular weight is 377 g/mol. The number of ether oxygens (including phenoxy) is 1. The summed E-state index contributed by atoms with van der Waals surface area (Å²) in [6.45, 7) is 1.59. The summed E-state index contributed by atoms with van der Waals surface area (Å²) in [4.78, 5) is 14.9. The van der Waals surface area contributed by atoms with Gasteiger partial charge in [0.15, 0.2) is 0 Å². The van der Waals surface area contributed by atoms with Gasteiger partial charge in [-0.3, -0.25) is 4.79 Å². The second-order valence-corrected chi connectivity index (χ2v) is 6.52. The highest BCUT2D eigenvalue weighted by Gasteiger charge is 2.24. The molecule has 5 heteroatoms. The molecule has 0 N–H and O–H groups in total. The summed E-state index contributed by atoms with van der Waals surface area (Å²) in [6, 6.07) is 5.51. The number of carbonyl (C=O) groups excluding carboxylic acids is 1. The first-order valence-electron chi connectivity index (χ1n) is 5.88. The van der Waals surface area contributed by atoms with Crippen molar-refractivity contribution in [2.75, 3.05) is 20.2 Å². The molecule has 2 rings (SSSR count). The highest BCUT2D eigenvalue weighted by Crippen LogP contribution is 2.26. The Kier molecular flexibility index (Phi) is 4.67. The Morgan fingerprint density at radius 1 is 1.39 bits per heavy atom.